The molecule has 0 aliphatic rings. The smallest absolute Gasteiger partial charge is 0.326 e. The number of carboxylic acid groups (broad SMARTS) is 2. The van der Waals surface area contributed by atoms with E-state index < -0.39 is 60.2 Å². The number of hydrogen-bond acceptors (Lipinski definition) is 6. The van der Waals surface area contributed by atoms with Crippen molar-refractivity contribution in [3.8, 4) is 0 Å². The Morgan fingerprint density at radius 3 is 2.06 bits per heavy atom. The maximum absolute atomic E-state index is 12.7. The molecule has 11 heteroatoms. The fourth-order valence-electron chi connectivity index (χ4n) is 3.12. The summed E-state index contributed by atoms with van der Waals surface area (Å²) >= 11 is 0. The van der Waals surface area contributed by atoms with Gasteiger partial charge in [-0.2, -0.15) is 0 Å². The van der Waals surface area contributed by atoms with Gasteiger partial charge in [0.25, 0.3) is 0 Å². The van der Waals surface area contributed by atoms with E-state index in [1.807, 2.05) is 6.07 Å². The van der Waals surface area contributed by atoms with Crippen LogP contribution in [-0.2, 0) is 30.4 Å². The van der Waals surface area contributed by atoms with Gasteiger partial charge in [-0.1, -0.05) is 50.6 Å². The molecule has 0 heterocycles. The Hall–Kier alpha value is -3.47. The van der Waals surface area contributed by atoms with Crippen molar-refractivity contribution in [2.24, 2.45) is 11.7 Å². The van der Waals surface area contributed by atoms with Gasteiger partial charge < -0.3 is 31.9 Å². The molecule has 34 heavy (non-hydrogen) atoms. The summed E-state index contributed by atoms with van der Waals surface area (Å²) in [6, 6.07) is 4.53. The van der Waals surface area contributed by atoms with Crippen LogP contribution in [0, 0.1) is 5.92 Å². The fraction of sp³-hybridized carbons (Fsp3) is 0.522. The Labute approximate surface area is 198 Å². The van der Waals surface area contributed by atoms with Crippen molar-refractivity contribution in [2.75, 3.05) is 0 Å². The number of carboxylic acids is 2. The molecule has 0 aliphatic heterocycles. The van der Waals surface area contributed by atoms with E-state index in [1.54, 1.807) is 38.1 Å². The zero-order chi connectivity index (χ0) is 25.8. The molecule has 0 aliphatic carbocycles. The van der Waals surface area contributed by atoms with Crippen LogP contribution in [0.1, 0.15) is 45.6 Å². The predicted molar refractivity (Wildman–Crippen MR) is 124 cm³/mol. The molecule has 0 saturated carbocycles. The molecule has 1 aromatic carbocycles. The standard InChI is InChI=1S/C23H34N4O7/c1-4-13(2)19(23(33)34)27-20(30)14(3)25-22(32)17(10-11-18(28)29)26-21(31)16(24)12-15-8-6-5-7-9-15/h5-9,13-14,16-17,19H,4,10-12,24H2,1-3H3,(H,25,32)(H,26,31)(H,27,30)(H,28,29)(H,33,34). The maximum atomic E-state index is 12.7. The number of nitrogens with one attached hydrogen (secondary N) is 3. The van der Waals surface area contributed by atoms with Crippen LogP contribution >= 0.6 is 0 Å². The first-order valence-corrected chi connectivity index (χ1v) is 11.1. The third-order valence-corrected chi connectivity index (χ3v) is 5.44. The van der Waals surface area contributed by atoms with Crippen molar-refractivity contribution in [1.82, 2.24) is 16.0 Å². The molecule has 3 amide bonds. The Bertz CT molecular complexity index is 862. The highest BCUT2D eigenvalue weighted by Crippen LogP contribution is 2.09. The second-order valence-corrected chi connectivity index (χ2v) is 8.23. The summed E-state index contributed by atoms with van der Waals surface area (Å²) in [5.74, 6) is -4.83. The molecule has 11 nitrogen and oxygen atoms in total. The van der Waals surface area contributed by atoms with E-state index in [2.05, 4.69) is 16.0 Å². The zero-order valence-corrected chi connectivity index (χ0v) is 19.6. The molecule has 0 spiro atoms. The first-order chi connectivity index (χ1) is 16.0. The molecule has 1 aromatic rings. The van der Waals surface area contributed by atoms with Gasteiger partial charge in [0.15, 0.2) is 0 Å². The summed E-state index contributed by atoms with van der Waals surface area (Å²) in [5, 5.41) is 25.6. The summed E-state index contributed by atoms with van der Waals surface area (Å²) in [5.41, 5.74) is 6.76. The van der Waals surface area contributed by atoms with E-state index in [0.29, 0.717) is 6.42 Å². The number of amides is 3. The third kappa shape index (κ3) is 9.57. The Morgan fingerprint density at radius 2 is 1.53 bits per heavy atom. The van der Waals surface area contributed by atoms with Crippen LogP contribution in [0.25, 0.3) is 0 Å². The van der Waals surface area contributed by atoms with Gasteiger partial charge in [0.05, 0.1) is 6.04 Å². The molecule has 0 fully saturated rings. The van der Waals surface area contributed by atoms with Crippen molar-refractivity contribution < 1.29 is 34.2 Å². The van der Waals surface area contributed by atoms with Gasteiger partial charge >= 0.3 is 11.9 Å². The van der Waals surface area contributed by atoms with E-state index in [-0.39, 0.29) is 18.8 Å². The van der Waals surface area contributed by atoms with Gasteiger partial charge in [0.1, 0.15) is 18.1 Å². The van der Waals surface area contributed by atoms with Crippen molar-refractivity contribution in [3.63, 3.8) is 0 Å². The summed E-state index contributed by atoms with van der Waals surface area (Å²) in [7, 11) is 0. The van der Waals surface area contributed by atoms with Crippen LogP contribution in [0.3, 0.4) is 0 Å². The van der Waals surface area contributed by atoms with E-state index in [1.165, 1.54) is 6.92 Å². The summed E-state index contributed by atoms with van der Waals surface area (Å²) < 4.78 is 0. The normalized spacial score (nSPS) is 15.2. The second-order valence-electron chi connectivity index (χ2n) is 8.23. The summed E-state index contributed by atoms with van der Waals surface area (Å²) in [6.45, 7) is 4.83. The van der Waals surface area contributed by atoms with Crippen molar-refractivity contribution in [3.05, 3.63) is 35.9 Å². The summed E-state index contributed by atoms with van der Waals surface area (Å²) in [4.78, 5) is 60.2. The molecule has 0 aromatic heterocycles. The molecule has 188 valence electrons. The summed E-state index contributed by atoms with van der Waals surface area (Å²) in [6.07, 6.45) is 0.112. The first kappa shape index (κ1) is 28.6. The van der Waals surface area contributed by atoms with Crippen LogP contribution in [0.2, 0.25) is 0 Å². The molecular formula is C23H34N4O7. The quantitative estimate of drug-likeness (QED) is 0.216. The highest BCUT2D eigenvalue weighted by Gasteiger charge is 2.30. The Kier molecular flexibility index (Phi) is 11.7. The zero-order valence-electron chi connectivity index (χ0n) is 19.6. The lowest BCUT2D eigenvalue weighted by atomic mass is 9.99. The number of rotatable bonds is 14. The average Bonchev–Trinajstić information content (AvgIpc) is 2.79. The van der Waals surface area contributed by atoms with Crippen LogP contribution in [0.4, 0.5) is 0 Å². The fourth-order valence-corrected chi connectivity index (χ4v) is 3.12. The predicted octanol–water partition coefficient (Wildman–Crippen LogP) is 0.0262. The van der Waals surface area contributed by atoms with Gasteiger partial charge in [0.2, 0.25) is 17.7 Å². The van der Waals surface area contributed by atoms with Gasteiger partial charge in [-0.25, -0.2) is 4.79 Å². The largest absolute Gasteiger partial charge is 0.481 e. The van der Waals surface area contributed by atoms with Crippen molar-refractivity contribution in [2.45, 2.75) is 70.6 Å². The highest BCUT2D eigenvalue weighted by molar-refractivity contribution is 5.94. The Morgan fingerprint density at radius 1 is 0.912 bits per heavy atom. The molecule has 1 rings (SSSR count). The van der Waals surface area contributed by atoms with Crippen LogP contribution in [-0.4, -0.2) is 64.0 Å². The minimum atomic E-state index is -1.24. The number of nitrogens with two attached hydrogens (primary N) is 1. The lowest BCUT2D eigenvalue weighted by molar-refractivity contribution is -0.143. The number of aliphatic carboxylic acids is 2. The van der Waals surface area contributed by atoms with E-state index in [9.17, 15) is 29.1 Å². The van der Waals surface area contributed by atoms with E-state index in [0.717, 1.165) is 5.56 Å². The van der Waals surface area contributed by atoms with Crippen LogP contribution in [0.5, 0.6) is 0 Å². The number of carbonyl (C=O) groups is 5. The van der Waals surface area contributed by atoms with Crippen molar-refractivity contribution in [1.29, 1.82) is 0 Å². The van der Waals surface area contributed by atoms with Crippen LogP contribution in [0.15, 0.2) is 30.3 Å². The SMILES string of the molecule is CCC(C)C(NC(=O)C(C)NC(=O)C(CCC(=O)O)NC(=O)C(N)Cc1ccccc1)C(=O)O. The number of benzene rings is 1. The molecule has 0 bridgehead atoms. The minimum absolute atomic E-state index is 0.213. The molecule has 0 radical (unpaired) electrons. The molecule has 7 N–H and O–H groups in total. The third-order valence-electron chi connectivity index (χ3n) is 5.44. The molecule has 5 atom stereocenters. The molecule has 0 saturated heterocycles. The van der Waals surface area contributed by atoms with Gasteiger partial charge in [-0.3, -0.25) is 19.2 Å². The highest BCUT2D eigenvalue weighted by atomic mass is 16.4. The number of hydrogen-bond donors (Lipinski definition) is 6. The second kappa shape index (κ2) is 13.9. The topological polar surface area (TPSA) is 188 Å². The van der Waals surface area contributed by atoms with Gasteiger partial charge in [-0.15, -0.1) is 0 Å². The van der Waals surface area contributed by atoms with Crippen molar-refractivity contribution >= 4 is 29.7 Å². The van der Waals surface area contributed by atoms with Gasteiger partial charge in [0, 0.05) is 6.42 Å². The maximum Gasteiger partial charge on any atom is 0.326 e. The average molecular weight is 479 g/mol. The minimum Gasteiger partial charge on any atom is -0.481 e. The van der Waals surface area contributed by atoms with Gasteiger partial charge in [-0.05, 0) is 31.2 Å². The first-order valence-electron chi connectivity index (χ1n) is 11.1. The number of carbonyl (C=O) groups excluding carboxylic acids is 3. The molecule has 5 unspecified atom stereocenters. The van der Waals surface area contributed by atoms with Crippen LogP contribution < -0.4 is 21.7 Å². The van der Waals surface area contributed by atoms with E-state index in [4.69, 9.17) is 10.8 Å². The lowest BCUT2D eigenvalue weighted by Gasteiger charge is -2.25. The molecular weight excluding hydrogens is 444 g/mol. The van der Waals surface area contributed by atoms with E-state index >= 15 is 0 Å². The lowest BCUT2D eigenvalue weighted by Crippen LogP contribution is -2.57. The monoisotopic (exact) mass is 478 g/mol. The Balaban J connectivity index is 2.82.